The van der Waals surface area contributed by atoms with Crippen LogP contribution in [0.2, 0.25) is 0 Å². The van der Waals surface area contributed by atoms with Crippen LogP contribution in [-0.2, 0) is 6.54 Å². The number of phenolic OH excluding ortho intramolecular Hbond substituents is 1. The fraction of sp³-hybridized carbons (Fsp3) is 0.571. The van der Waals surface area contributed by atoms with Crippen LogP contribution in [0.25, 0.3) is 0 Å². The highest BCUT2D eigenvalue weighted by atomic mass is 16.3. The Morgan fingerprint density at radius 3 is 2.75 bits per heavy atom. The van der Waals surface area contributed by atoms with Gasteiger partial charge in [-0.2, -0.15) is 0 Å². The molecule has 0 bridgehead atoms. The van der Waals surface area contributed by atoms with Crippen molar-refractivity contribution in [3.8, 4) is 5.75 Å². The van der Waals surface area contributed by atoms with Crippen molar-refractivity contribution in [2.75, 3.05) is 0 Å². The van der Waals surface area contributed by atoms with Gasteiger partial charge >= 0.3 is 0 Å². The molecule has 2 nitrogen and oxygen atoms in total. The summed E-state index contributed by atoms with van der Waals surface area (Å²) < 4.78 is 0. The highest BCUT2D eigenvalue weighted by Crippen LogP contribution is 2.11. The van der Waals surface area contributed by atoms with Crippen LogP contribution in [-0.4, -0.2) is 11.1 Å². The van der Waals surface area contributed by atoms with Gasteiger partial charge in [0.15, 0.2) is 0 Å². The first-order valence-electron chi connectivity index (χ1n) is 6.27. The molecular weight excluding hydrogens is 198 g/mol. The van der Waals surface area contributed by atoms with Gasteiger partial charge in [-0.05, 0) is 30.5 Å². The van der Waals surface area contributed by atoms with E-state index in [1.54, 1.807) is 6.07 Å². The number of benzene rings is 1. The van der Waals surface area contributed by atoms with Crippen molar-refractivity contribution in [1.29, 1.82) is 0 Å². The van der Waals surface area contributed by atoms with E-state index < -0.39 is 0 Å². The van der Waals surface area contributed by atoms with Gasteiger partial charge in [0.1, 0.15) is 5.75 Å². The molecule has 90 valence electrons. The molecule has 0 aliphatic carbocycles. The normalized spacial score (nSPS) is 12.6. The maximum atomic E-state index is 9.35. The second-order valence-electron chi connectivity index (χ2n) is 4.30. The minimum Gasteiger partial charge on any atom is -0.508 e. The zero-order chi connectivity index (χ0) is 11.8. The Morgan fingerprint density at radius 2 is 2.12 bits per heavy atom. The van der Waals surface area contributed by atoms with Gasteiger partial charge in [-0.3, -0.25) is 0 Å². The topological polar surface area (TPSA) is 32.3 Å². The van der Waals surface area contributed by atoms with Crippen LogP contribution in [0.1, 0.15) is 45.1 Å². The minimum atomic E-state index is 0.348. The smallest absolute Gasteiger partial charge is 0.115 e. The van der Waals surface area contributed by atoms with Crippen LogP contribution < -0.4 is 5.32 Å². The van der Waals surface area contributed by atoms with Crippen LogP contribution in [0.4, 0.5) is 0 Å². The Labute approximate surface area is 98.7 Å². The Hall–Kier alpha value is -1.02. The largest absolute Gasteiger partial charge is 0.508 e. The maximum Gasteiger partial charge on any atom is 0.115 e. The molecule has 1 aromatic rings. The second kappa shape index (κ2) is 7.29. The lowest BCUT2D eigenvalue weighted by Gasteiger charge is -2.16. The fourth-order valence-electron chi connectivity index (χ4n) is 1.83. The highest BCUT2D eigenvalue weighted by molar-refractivity contribution is 5.26. The van der Waals surface area contributed by atoms with Gasteiger partial charge < -0.3 is 10.4 Å². The van der Waals surface area contributed by atoms with E-state index in [2.05, 4.69) is 19.2 Å². The fourth-order valence-corrected chi connectivity index (χ4v) is 1.83. The summed E-state index contributed by atoms with van der Waals surface area (Å²) in [5.41, 5.74) is 1.15. The number of hydrogen-bond acceptors (Lipinski definition) is 2. The Bertz CT molecular complexity index is 299. The quantitative estimate of drug-likeness (QED) is 0.739. The molecule has 1 atom stereocenters. The minimum absolute atomic E-state index is 0.348. The monoisotopic (exact) mass is 221 g/mol. The lowest BCUT2D eigenvalue weighted by Crippen LogP contribution is -2.27. The third kappa shape index (κ3) is 4.67. The molecule has 0 fully saturated rings. The molecule has 0 saturated carbocycles. The molecule has 0 heterocycles. The van der Waals surface area contributed by atoms with Gasteiger partial charge in [0, 0.05) is 12.6 Å². The molecule has 0 radical (unpaired) electrons. The van der Waals surface area contributed by atoms with E-state index in [0.29, 0.717) is 11.8 Å². The third-order valence-electron chi connectivity index (χ3n) is 2.90. The highest BCUT2D eigenvalue weighted by Gasteiger charge is 2.04. The van der Waals surface area contributed by atoms with Crippen LogP contribution in [0.3, 0.4) is 0 Å². The summed E-state index contributed by atoms with van der Waals surface area (Å²) in [7, 11) is 0. The van der Waals surface area contributed by atoms with Crippen molar-refractivity contribution < 1.29 is 5.11 Å². The van der Waals surface area contributed by atoms with Crippen molar-refractivity contribution in [3.63, 3.8) is 0 Å². The zero-order valence-corrected chi connectivity index (χ0v) is 10.4. The van der Waals surface area contributed by atoms with E-state index in [9.17, 15) is 5.11 Å². The van der Waals surface area contributed by atoms with Crippen molar-refractivity contribution >= 4 is 0 Å². The zero-order valence-electron chi connectivity index (χ0n) is 10.4. The standard InChI is InChI=1S/C14H23NO/c1-3-5-8-13(4-2)15-11-12-7-6-9-14(16)10-12/h6-7,9-10,13,15-16H,3-5,8,11H2,1-2H3. The van der Waals surface area contributed by atoms with Gasteiger partial charge in [-0.1, -0.05) is 38.8 Å². The maximum absolute atomic E-state index is 9.35. The predicted molar refractivity (Wildman–Crippen MR) is 68.6 cm³/mol. The molecule has 0 aliphatic rings. The third-order valence-corrected chi connectivity index (χ3v) is 2.90. The van der Waals surface area contributed by atoms with Crippen molar-refractivity contribution in [3.05, 3.63) is 29.8 Å². The molecule has 16 heavy (non-hydrogen) atoms. The van der Waals surface area contributed by atoms with Gasteiger partial charge in [-0.15, -0.1) is 0 Å². The van der Waals surface area contributed by atoms with Gasteiger partial charge in [0.25, 0.3) is 0 Å². The van der Waals surface area contributed by atoms with E-state index in [-0.39, 0.29) is 0 Å². The van der Waals surface area contributed by atoms with E-state index in [1.807, 2.05) is 18.2 Å². The number of nitrogens with one attached hydrogen (secondary N) is 1. The predicted octanol–water partition coefficient (Wildman–Crippen LogP) is 3.45. The summed E-state index contributed by atoms with van der Waals surface area (Å²) in [6.45, 7) is 5.29. The number of hydrogen-bond donors (Lipinski definition) is 2. The summed E-state index contributed by atoms with van der Waals surface area (Å²) in [5, 5.41) is 12.9. The lowest BCUT2D eigenvalue weighted by molar-refractivity contribution is 0.449. The summed E-state index contributed by atoms with van der Waals surface area (Å²) in [4.78, 5) is 0. The lowest BCUT2D eigenvalue weighted by atomic mass is 10.1. The molecule has 1 rings (SSSR count). The van der Waals surface area contributed by atoms with E-state index in [4.69, 9.17) is 0 Å². The molecule has 0 aliphatic heterocycles. The summed E-state index contributed by atoms with van der Waals surface area (Å²) in [5.74, 6) is 0.348. The van der Waals surface area contributed by atoms with E-state index >= 15 is 0 Å². The average molecular weight is 221 g/mol. The van der Waals surface area contributed by atoms with Crippen LogP contribution >= 0.6 is 0 Å². The number of rotatable bonds is 7. The van der Waals surface area contributed by atoms with Crippen LogP contribution in [0.15, 0.2) is 24.3 Å². The first-order chi connectivity index (χ1) is 7.76. The van der Waals surface area contributed by atoms with Crippen molar-refractivity contribution in [2.45, 2.75) is 52.1 Å². The van der Waals surface area contributed by atoms with E-state index in [0.717, 1.165) is 12.1 Å². The summed E-state index contributed by atoms with van der Waals surface area (Å²) in [6, 6.07) is 8.05. The molecule has 0 spiro atoms. The molecule has 0 amide bonds. The van der Waals surface area contributed by atoms with Crippen molar-refractivity contribution in [1.82, 2.24) is 5.32 Å². The molecule has 0 saturated heterocycles. The van der Waals surface area contributed by atoms with Crippen LogP contribution in [0, 0.1) is 0 Å². The molecule has 0 aromatic heterocycles. The second-order valence-corrected chi connectivity index (χ2v) is 4.30. The molecule has 1 aromatic carbocycles. The van der Waals surface area contributed by atoms with Crippen LogP contribution in [0.5, 0.6) is 5.75 Å². The number of unbranched alkanes of at least 4 members (excludes halogenated alkanes) is 1. The molecule has 1 unspecified atom stereocenters. The SMILES string of the molecule is CCCCC(CC)NCc1cccc(O)c1. The van der Waals surface area contributed by atoms with Gasteiger partial charge in [0.2, 0.25) is 0 Å². The first kappa shape index (κ1) is 13.0. The Kier molecular flexibility index (Phi) is 5.94. The Morgan fingerprint density at radius 1 is 1.31 bits per heavy atom. The molecule has 2 N–H and O–H groups in total. The van der Waals surface area contributed by atoms with Gasteiger partial charge in [0.05, 0.1) is 0 Å². The summed E-state index contributed by atoms with van der Waals surface area (Å²) in [6.07, 6.45) is 4.94. The Balaban J connectivity index is 2.37. The summed E-state index contributed by atoms with van der Waals surface area (Å²) >= 11 is 0. The van der Waals surface area contributed by atoms with Gasteiger partial charge in [-0.25, -0.2) is 0 Å². The van der Waals surface area contributed by atoms with Crippen molar-refractivity contribution in [2.24, 2.45) is 0 Å². The average Bonchev–Trinajstić information content (AvgIpc) is 2.29. The molecule has 2 heteroatoms. The number of phenols is 1. The number of aromatic hydroxyl groups is 1. The first-order valence-corrected chi connectivity index (χ1v) is 6.27. The van der Waals surface area contributed by atoms with E-state index in [1.165, 1.54) is 25.7 Å². The molecular formula is C14H23NO.